The number of hydrogen-bond donors (Lipinski definition) is 3. The van der Waals surface area contributed by atoms with E-state index in [9.17, 15) is 5.11 Å². The molecule has 2 atom stereocenters. The number of anilines is 2. The van der Waals surface area contributed by atoms with Gasteiger partial charge >= 0.3 is 0 Å². The molecule has 0 radical (unpaired) electrons. The molecule has 0 saturated heterocycles. The topological polar surface area (TPSA) is 70.1 Å². The highest BCUT2D eigenvalue weighted by atomic mass is 16.3. The molecule has 1 aromatic rings. The molecule has 1 aromatic heterocycles. The molecule has 0 bridgehead atoms. The zero-order valence-corrected chi connectivity index (χ0v) is 12.4. The van der Waals surface area contributed by atoms with Crippen LogP contribution < -0.4 is 10.6 Å². The first-order valence-electron chi connectivity index (χ1n) is 7.09. The molecule has 1 rings (SSSR count). The van der Waals surface area contributed by atoms with E-state index >= 15 is 0 Å². The second-order valence-electron chi connectivity index (χ2n) is 4.92. The van der Waals surface area contributed by atoms with Gasteiger partial charge in [-0.05, 0) is 25.7 Å². The third kappa shape index (κ3) is 4.35. The highest BCUT2D eigenvalue weighted by Crippen LogP contribution is 2.22. The Balaban J connectivity index is 2.87. The van der Waals surface area contributed by atoms with Crippen molar-refractivity contribution in [2.45, 2.75) is 46.6 Å². The van der Waals surface area contributed by atoms with E-state index in [4.69, 9.17) is 0 Å². The molecule has 0 aromatic carbocycles. The highest BCUT2D eigenvalue weighted by Gasteiger charge is 2.15. The van der Waals surface area contributed by atoms with Gasteiger partial charge in [0.1, 0.15) is 18.0 Å². The Kier molecular flexibility index (Phi) is 6.56. The van der Waals surface area contributed by atoms with Crippen LogP contribution in [0.2, 0.25) is 0 Å². The molecule has 0 amide bonds. The largest absolute Gasteiger partial charge is 0.396 e. The Hall–Kier alpha value is -1.36. The molecule has 2 unspecified atom stereocenters. The van der Waals surface area contributed by atoms with Gasteiger partial charge in [0.2, 0.25) is 0 Å². The Labute approximate surface area is 115 Å². The van der Waals surface area contributed by atoms with E-state index in [0.717, 1.165) is 36.6 Å². The highest BCUT2D eigenvalue weighted by molar-refractivity contribution is 5.57. The number of hydrogen-bond acceptors (Lipinski definition) is 5. The summed E-state index contributed by atoms with van der Waals surface area (Å²) in [6.07, 6.45) is 3.51. The van der Waals surface area contributed by atoms with Gasteiger partial charge in [-0.2, -0.15) is 0 Å². The van der Waals surface area contributed by atoms with Crippen molar-refractivity contribution in [2.75, 3.05) is 23.8 Å². The lowest BCUT2D eigenvalue weighted by Gasteiger charge is -2.22. The summed E-state index contributed by atoms with van der Waals surface area (Å²) in [6, 6.07) is 0.171. The Morgan fingerprint density at radius 1 is 1.21 bits per heavy atom. The molecule has 0 spiro atoms. The van der Waals surface area contributed by atoms with E-state index in [1.165, 1.54) is 0 Å². The Morgan fingerprint density at radius 2 is 1.89 bits per heavy atom. The first kappa shape index (κ1) is 15.7. The van der Waals surface area contributed by atoms with E-state index in [1.807, 2.05) is 6.92 Å². The molecule has 0 saturated carbocycles. The molecule has 0 fully saturated rings. The summed E-state index contributed by atoms with van der Waals surface area (Å²) in [4.78, 5) is 8.64. The van der Waals surface area contributed by atoms with Crippen molar-refractivity contribution in [1.29, 1.82) is 0 Å². The molecule has 1 heterocycles. The van der Waals surface area contributed by atoms with Crippen LogP contribution in [-0.2, 0) is 6.42 Å². The molecule has 3 N–H and O–H groups in total. The average Bonchev–Trinajstić information content (AvgIpc) is 2.44. The maximum absolute atomic E-state index is 9.20. The predicted octanol–water partition coefficient (Wildman–Crippen LogP) is 2.29. The number of nitrogens with one attached hydrogen (secondary N) is 2. The number of nitrogens with zero attached hydrogens (tertiary/aromatic N) is 2. The van der Waals surface area contributed by atoms with Crippen LogP contribution in [-0.4, -0.2) is 34.3 Å². The summed E-state index contributed by atoms with van der Waals surface area (Å²) < 4.78 is 0. The van der Waals surface area contributed by atoms with E-state index in [-0.39, 0.29) is 18.6 Å². The molecule has 5 heteroatoms. The van der Waals surface area contributed by atoms with E-state index in [1.54, 1.807) is 6.33 Å². The molecule has 0 aliphatic heterocycles. The minimum atomic E-state index is 0.168. The third-order valence-electron chi connectivity index (χ3n) is 3.35. The van der Waals surface area contributed by atoms with Crippen molar-refractivity contribution in [3.63, 3.8) is 0 Å². The van der Waals surface area contributed by atoms with Crippen molar-refractivity contribution in [2.24, 2.45) is 5.92 Å². The van der Waals surface area contributed by atoms with Crippen LogP contribution in [0.4, 0.5) is 11.6 Å². The molecule has 0 aliphatic carbocycles. The number of aromatic nitrogens is 2. The smallest absolute Gasteiger partial charge is 0.134 e. The minimum Gasteiger partial charge on any atom is -0.396 e. The number of rotatable bonds is 8. The lowest BCUT2D eigenvalue weighted by Crippen LogP contribution is -2.27. The molecule has 0 aliphatic rings. The van der Waals surface area contributed by atoms with Gasteiger partial charge in [0.05, 0.1) is 0 Å². The minimum absolute atomic E-state index is 0.168. The van der Waals surface area contributed by atoms with Crippen LogP contribution in [0, 0.1) is 5.92 Å². The summed E-state index contributed by atoms with van der Waals surface area (Å²) >= 11 is 0. The van der Waals surface area contributed by atoms with Crippen molar-refractivity contribution in [1.82, 2.24) is 9.97 Å². The Morgan fingerprint density at radius 3 is 2.47 bits per heavy atom. The van der Waals surface area contributed by atoms with Gasteiger partial charge in [0, 0.05) is 24.8 Å². The van der Waals surface area contributed by atoms with Gasteiger partial charge in [-0.3, -0.25) is 0 Å². The summed E-state index contributed by atoms with van der Waals surface area (Å²) in [7, 11) is 0. The maximum Gasteiger partial charge on any atom is 0.134 e. The van der Waals surface area contributed by atoms with Crippen molar-refractivity contribution >= 4 is 11.6 Å². The van der Waals surface area contributed by atoms with Crippen LogP contribution in [0.1, 0.15) is 39.7 Å². The summed E-state index contributed by atoms with van der Waals surface area (Å²) in [5.41, 5.74) is 1.10. The van der Waals surface area contributed by atoms with Crippen LogP contribution in [0.25, 0.3) is 0 Å². The van der Waals surface area contributed by atoms with Gasteiger partial charge in [-0.15, -0.1) is 0 Å². The standard InChI is InChI=1S/C14H26N4O/c1-5-7-15-13-12(6-2)14(17-9-16-13)18-11(4)10(3)8-19/h9-11,19H,5-8H2,1-4H3,(H2,15,16,17,18). The van der Waals surface area contributed by atoms with Gasteiger partial charge < -0.3 is 15.7 Å². The fraction of sp³-hybridized carbons (Fsp3) is 0.714. The maximum atomic E-state index is 9.20. The molecule has 19 heavy (non-hydrogen) atoms. The van der Waals surface area contributed by atoms with Crippen molar-refractivity contribution < 1.29 is 5.11 Å². The second-order valence-corrected chi connectivity index (χ2v) is 4.92. The fourth-order valence-electron chi connectivity index (χ4n) is 1.78. The van der Waals surface area contributed by atoms with E-state index in [0.29, 0.717) is 0 Å². The molecule has 108 valence electrons. The SMILES string of the molecule is CCCNc1ncnc(NC(C)C(C)CO)c1CC. The van der Waals surface area contributed by atoms with Crippen molar-refractivity contribution in [3.8, 4) is 0 Å². The normalized spacial score (nSPS) is 13.9. The number of aliphatic hydroxyl groups excluding tert-OH is 1. The fourth-order valence-corrected chi connectivity index (χ4v) is 1.78. The van der Waals surface area contributed by atoms with E-state index < -0.39 is 0 Å². The third-order valence-corrected chi connectivity index (χ3v) is 3.35. The Bertz CT molecular complexity index is 384. The second kappa shape index (κ2) is 7.94. The number of aliphatic hydroxyl groups is 1. The van der Waals surface area contributed by atoms with Crippen LogP contribution >= 0.6 is 0 Å². The zero-order valence-electron chi connectivity index (χ0n) is 12.4. The van der Waals surface area contributed by atoms with Gasteiger partial charge in [0.15, 0.2) is 0 Å². The van der Waals surface area contributed by atoms with Gasteiger partial charge in [-0.25, -0.2) is 9.97 Å². The quantitative estimate of drug-likeness (QED) is 0.673. The van der Waals surface area contributed by atoms with Crippen LogP contribution in [0.5, 0.6) is 0 Å². The lowest BCUT2D eigenvalue weighted by atomic mass is 10.0. The first-order valence-corrected chi connectivity index (χ1v) is 7.09. The lowest BCUT2D eigenvalue weighted by molar-refractivity contribution is 0.226. The molecular formula is C14H26N4O. The summed E-state index contributed by atoms with van der Waals surface area (Å²) in [5, 5.41) is 15.9. The zero-order chi connectivity index (χ0) is 14.3. The van der Waals surface area contributed by atoms with Crippen molar-refractivity contribution in [3.05, 3.63) is 11.9 Å². The monoisotopic (exact) mass is 266 g/mol. The molecule has 5 nitrogen and oxygen atoms in total. The van der Waals surface area contributed by atoms with Gasteiger partial charge in [-0.1, -0.05) is 20.8 Å². The van der Waals surface area contributed by atoms with Crippen LogP contribution in [0.3, 0.4) is 0 Å². The van der Waals surface area contributed by atoms with Crippen LogP contribution in [0.15, 0.2) is 6.33 Å². The van der Waals surface area contributed by atoms with E-state index in [2.05, 4.69) is 41.4 Å². The molecular weight excluding hydrogens is 240 g/mol. The first-order chi connectivity index (χ1) is 9.13. The van der Waals surface area contributed by atoms with Gasteiger partial charge in [0.25, 0.3) is 0 Å². The summed E-state index contributed by atoms with van der Waals surface area (Å²) in [6.45, 7) is 9.38. The average molecular weight is 266 g/mol. The predicted molar refractivity (Wildman–Crippen MR) is 79.5 cm³/mol. The summed E-state index contributed by atoms with van der Waals surface area (Å²) in [5.74, 6) is 1.96.